The summed E-state index contributed by atoms with van der Waals surface area (Å²) in [6.07, 6.45) is 2.81. The number of carbonyl (C=O) groups is 3. The summed E-state index contributed by atoms with van der Waals surface area (Å²) in [5.41, 5.74) is 5.05. The summed E-state index contributed by atoms with van der Waals surface area (Å²) in [7, 11) is 3.01. The van der Waals surface area contributed by atoms with Crippen molar-refractivity contribution in [1.29, 1.82) is 0 Å². The van der Waals surface area contributed by atoms with Gasteiger partial charge in [-0.3, -0.25) is 9.69 Å². The Hall–Kier alpha value is -3.17. The average molecular weight is 348 g/mol. The van der Waals surface area contributed by atoms with Crippen LogP contribution in [0.1, 0.15) is 24.2 Å². The Morgan fingerprint density at radius 3 is 2.68 bits per heavy atom. The maximum atomic E-state index is 12.3. The molecule has 0 saturated carbocycles. The Morgan fingerprint density at radius 2 is 2.08 bits per heavy atom. The van der Waals surface area contributed by atoms with Crippen LogP contribution in [0.25, 0.3) is 11.2 Å². The van der Waals surface area contributed by atoms with Crippen LogP contribution >= 0.6 is 0 Å². The first kappa shape index (κ1) is 18.2. The number of primary amides is 1. The van der Waals surface area contributed by atoms with E-state index in [1.165, 1.54) is 31.4 Å². The molecular formula is C15H20N6O4. The summed E-state index contributed by atoms with van der Waals surface area (Å²) in [4.78, 5) is 47.8. The van der Waals surface area contributed by atoms with Crippen molar-refractivity contribution in [2.75, 3.05) is 25.6 Å². The van der Waals surface area contributed by atoms with Gasteiger partial charge in [-0.25, -0.2) is 19.6 Å². The van der Waals surface area contributed by atoms with E-state index in [-0.39, 0.29) is 29.5 Å². The van der Waals surface area contributed by atoms with Gasteiger partial charge in [0.2, 0.25) is 5.91 Å². The first-order valence-electron chi connectivity index (χ1n) is 7.44. The number of hydrogen-bond donors (Lipinski definition) is 3. The molecule has 0 aliphatic carbocycles. The van der Waals surface area contributed by atoms with Crippen LogP contribution in [0, 0.1) is 5.41 Å². The first-order chi connectivity index (χ1) is 11.7. The van der Waals surface area contributed by atoms with E-state index in [4.69, 9.17) is 10.5 Å². The predicted molar refractivity (Wildman–Crippen MR) is 90.0 cm³/mol. The fourth-order valence-electron chi connectivity index (χ4n) is 1.87. The molecule has 2 aromatic rings. The SMILES string of the molecule is CNC(=O)N(C)c1cnc2[nH]cc(C(=O)OCC(C)(C)C(N)=O)c2n1. The highest BCUT2D eigenvalue weighted by molar-refractivity contribution is 6.02. The van der Waals surface area contributed by atoms with E-state index in [2.05, 4.69) is 20.3 Å². The summed E-state index contributed by atoms with van der Waals surface area (Å²) in [6.45, 7) is 2.99. The molecule has 0 aromatic carbocycles. The highest BCUT2D eigenvalue weighted by Gasteiger charge is 2.28. The number of carbonyl (C=O) groups excluding carboxylic acids is 3. The minimum absolute atomic E-state index is 0.148. The lowest BCUT2D eigenvalue weighted by Gasteiger charge is -2.19. The quantitative estimate of drug-likeness (QED) is 0.667. The molecule has 10 heteroatoms. The van der Waals surface area contributed by atoms with E-state index >= 15 is 0 Å². The lowest BCUT2D eigenvalue weighted by molar-refractivity contribution is -0.127. The van der Waals surface area contributed by atoms with Gasteiger partial charge in [0.1, 0.15) is 17.7 Å². The summed E-state index contributed by atoms with van der Waals surface area (Å²) >= 11 is 0. The van der Waals surface area contributed by atoms with Crippen LogP contribution in [0.5, 0.6) is 0 Å². The number of amides is 3. The molecule has 2 aromatic heterocycles. The van der Waals surface area contributed by atoms with Crippen molar-refractivity contribution >= 4 is 34.9 Å². The highest BCUT2D eigenvalue weighted by atomic mass is 16.5. The number of nitrogens with one attached hydrogen (secondary N) is 2. The fourth-order valence-corrected chi connectivity index (χ4v) is 1.87. The smallest absolute Gasteiger partial charge is 0.342 e. The van der Waals surface area contributed by atoms with E-state index in [9.17, 15) is 14.4 Å². The Kier molecular flexibility index (Phi) is 4.91. The van der Waals surface area contributed by atoms with Crippen molar-refractivity contribution in [2.24, 2.45) is 11.1 Å². The Balaban J connectivity index is 2.28. The van der Waals surface area contributed by atoms with Crippen LogP contribution in [0.15, 0.2) is 12.4 Å². The number of esters is 1. The van der Waals surface area contributed by atoms with E-state index in [1.54, 1.807) is 13.8 Å². The van der Waals surface area contributed by atoms with Crippen molar-refractivity contribution in [2.45, 2.75) is 13.8 Å². The van der Waals surface area contributed by atoms with E-state index in [0.717, 1.165) is 0 Å². The van der Waals surface area contributed by atoms with E-state index < -0.39 is 17.3 Å². The minimum atomic E-state index is -0.988. The number of aromatic nitrogens is 3. The lowest BCUT2D eigenvalue weighted by Crippen LogP contribution is -2.36. The second-order valence-electron chi connectivity index (χ2n) is 6.07. The molecule has 0 atom stereocenters. The van der Waals surface area contributed by atoms with E-state index in [1.807, 2.05) is 0 Å². The van der Waals surface area contributed by atoms with Gasteiger partial charge in [-0.05, 0) is 13.8 Å². The molecule has 4 N–H and O–H groups in total. The third-order valence-electron chi connectivity index (χ3n) is 3.68. The third-order valence-corrected chi connectivity index (χ3v) is 3.68. The monoisotopic (exact) mass is 348 g/mol. The van der Waals surface area contributed by atoms with Crippen LogP contribution in [-0.2, 0) is 9.53 Å². The molecule has 25 heavy (non-hydrogen) atoms. The molecule has 0 bridgehead atoms. The van der Waals surface area contributed by atoms with Crippen molar-refractivity contribution in [3.8, 4) is 0 Å². The topological polar surface area (TPSA) is 143 Å². The molecular weight excluding hydrogens is 328 g/mol. The zero-order chi connectivity index (χ0) is 18.8. The summed E-state index contributed by atoms with van der Waals surface area (Å²) in [5, 5.41) is 2.47. The first-order valence-corrected chi connectivity index (χ1v) is 7.44. The standard InChI is InChI=1S/C15H20N6O4/c1-15(2,13(16)23)7-25-12(22)8-5-18-11-10(8)20-9(6-19-11)21(4)14(24)17-3/h5-6H,7H2,1-4H3,(H2,16,23)(H,17,24)(H,18,19). The molecule has 3 amide bonds. The maximum Gasteiger partial charge on any atom is 0.342 e. The summed E-state index contributed by atoms with van der Waals surface area (Å²) < 4.78 is 5.17. The highest BCUT2D eigenvalue weighted by Crippen LogP contribution is 2.20. The Labute approximate surface area is 143 Å². The van der Waals surface area contributed by atoms with Crippen molar-refractivity contribution in [3.63, 3.8) is 0 Å². The van der Waals surface area contributed by atoms with Gasteiger partial charge < -0.3 is 20.8 Å². The van der Waals surface area contributed by atoms with Gasteiger partial charge in [-0.2, -0.15) is 0 Å². The van der Waals surface area contributed by atoms with Crippen LogP contribution < -0.4 is 16.0 Å². The van der Waals surface area contributed by atoms with Crippen molar-refractivity contribution < 1.29 is 19.1 Å². The zero-order valence-electron chi connectivity index (χ0n) is 14.4. The van der Waals surface area contributed by atoms with E-state index in [0.29, 0.717) is 5.65 Å². The number of anilines is 1. The number of H-pyrrole nitrogens is 1. The molecule has 0 saturated heterocycles. The zero-order valence-corrected chi connectivity index (χ0v) is 14.4. The maximum absolute atomic E-state index is 12.3. The van der Waals surface area contributed by atoms with Gasteiger partial charge in [-0.15, -0.1) is 0 Å². The molecule has 2 heterocycles. The minimum Gasteiger partial charge on any atom is -0.461 e. The largest absolute Gasteiger partial charge is 0.461 e. The van der Waals surface area contributed by atoms with Gasteiger partial charge in [0.25, 0.3) is 0 Å². The molecule has 0 spiro atoms. The Bertz CT molecular complexity index is 829. The number of nitrogens with two attached hydrogens (primary N) is 1. The Morgan fingerprint density at radius 1 is 1.40 bits per heavy atom. The second kappa shape index (κ2) is 6.75. The van der Waals surface area contributed by atoms with Gasteiger partial charge >= 0.3 is 12.0 Å². The third kappa shape index (κ3) is 3.67. The van der Waals surface area contributed by atoms with Gasteiger partial charge in [0, 0.05) is 20.3 Å². The molecule has 134 valence electrons. The number of hydrogen-bond acceptors (Lipinski definition) is 6. The van der Waals surface area contributed by atoms with Gasteiger partial charge in [-0.1, -0.05) is 0 Å². The van der Waals surface area contributed by atoms with Crippen LogP contribution in [0.2, 0.25) is 0 Å². The summed E-state index contributed by atoms with van der Waals surface area (Å²) in [6, 6.07) is -0.378. The lowest BCUT2D eigenvalue weighted by atomic mass is 9.94. The molecule has 0 fully saturated rings. The number of rotatable bonds is 5. The fraction of sp³-hybridized carbons (Fsp3) is 0.400. The number of ether oxygens (including phenoxy) is 1. The van der Waals surface area contributed by atoms with Crippen molar-refractivity contribution in [1.82, 2.24) is 20.3 Å². The van der Waals surface area contributed by atoms with Crippen LogP contribution in [0.3, 0.4) is 0 Å². The molecule has 0 unspecified atom stereocenters. The number of fused-ring (bicyclic) bond motifs is 1. The van der Waals surface area contributed by atoms with Gasteiger partial charge in [0.15, 0.2) is 11.5 Å². The van der Waals surface area contributed by atoms with Crippen molar-refractivity contribution in [3.05, 3.63) is 18.0 Å². The molecule has 0 aliphatic heterocycles. The normalized spacial score (nSPS) is 11.2. The van der Waals surface area contributed by atoms with Crippen LogP contribution in [-0.4, -0.2) is 53.6 Å². The molecule has 0 radical (unpaired) electrons. The summed E-state index contributed by atoms with van der Waals surface area (Å²) in [5.74, 6) is -0.985. The van der Waals surface area contributed by atoms with Gasteiger partial charge in [0.05, 0.1) is 11.6 Å². The number of urea groups is 1. The predicted octanol–water partition coefficient (Wildman–Crippen LogP) is 0.402. The molecule has 0 aliphatic rings. The molecule has 10 nitrogen and oxygen atoms in total. The van der Waals surface area contributed by atoms with Crippen LogP contribution in [0.4, 0.5) is 10.6 Å². The second-order valence-corrected chi connectivity index (χ2v) is 6.07. The number of aromatic amines is 1. The number of nitrogens with zero attached hydrogens (tertiary/aromatic N) is 3. The average Bonchev–Trinajstić information content (AvgIpc) is 3.01. The molecule has 2 rings (SSSR count).